The minimum absolute atomic E-state index is 0.0851. The van der Waals surface area contributed by atoms with Gasteiger partial charge >= 0.3 is 0 Å². The van der Waals surface area contributed by atoms with Crippen LogP contribution in [0.2, 0.25) is 5.02 Å². The van der Waals surface area contributed by atoms with E-state index in [1.54, 1.807) is 6.20 Å². The van der Waals surface area contributed by atoms with E-state index in [0.717, 1.165) is 35.1 Å². The maximum absolute atomic E-state index is 9.58. The molecule has 1 heterocycles. The predicted octanol–water partition coefficient (Wildman–Crippen LogP) is 4.64. The molecule has 1 aromatic carbocycles. The minimum atomic E-state index is 0.0851. The van der Waals surface area contributed by atoms with Crippen molar-refractivity contribution in [3.63, 3.8) is 0 Å². The first-order valence-electron chi connectivity index (χ1n) is 6.48. The second kappa shape index (κ2) is 5.14. The predicted molar refractivity (Wildman–Crippen MR) is 82.8 cm³/mol. The highest BCUT2D eigenvalue weighted by atomic mass is 35.5. The van der Waals surface area contributed by atoms with Gasteiger partial charge in [-0.2, -0.15) is 0 Å². The summed E-state index contributed by atoms with van der Waals surface area (Å²) in [5.74, 6) is 0.0851. The van der Waals surface area contributed by atoms with E-state index in [9.17, 15) is 5.11 Å². The van der Waals surface area contributed by atoms with E-state index in [0.29, 0.717) is 5.02 Å². The van der Waals surface area contributed by atoms with Gasteiger partial charge in [-0.25, -0.2) is 0 Å². The molecule has 3 heteroatoms. The SMILES string of the molecule is C=C(O)c1ccc2c(c1)C(c1cncc(Cl)c1)=CCC2. The third-order valence-electron chi connectivity index (χ3n) is 3.51. The van der Waals surface area contributed by atoms with Gasteiger partial charge in [-0.3, -0.25) is 4.98 Å². The fourth-order valence-electron chi connectivity index (χ4n) is 2.54. The molecular formula is C17H14ClNO. The second-order valence-corrected chi connectivity index (χ2v) is 5.30. The molecule has 0 amide bonds. The molecule has 1 N–H and O–H groups in total. The average Bonchev–Trinajstić information content (AvgIpc) is 2.46. The number of fused-ring (bicyclic) bond motifs is 1. The first-order chi connectivity index (χ1) is 9.65. The van der Waals surface area contributed by atoms with Crippen LogP contribution in [-0.4, -0.2) is 10.1 Å². The summed E-state index contributed by atoms with van der Waals surface area (Å²) in [6.45, 7) is 3.59. The van der Waals surface area contributed by atoms with Crippen molar-refractivity contribution in [2.45, 2.75) is 12.8 Å². The fraction of sp³-hybridized carbons (Fsp3) is 0.118. The van der Waals surface area contributed by atoms with Crippen molar-refractivity contribution in [1.82, 2.24) is 4.98 Å². The van der Waals surface area contributed by atoms with Crippen molar-refractivity contribution in [3.05, 3.63) is 76.6 Å². The highest BCUT2D eigenvalue weighted by Gasteiger charge is 2.15. The van der Waals surface area contributed by atoms with Crippen molar-refractivity contribution in [3.8, 4) is 0 Å². The normalized spacial score (nSPS) is 13.6. The molecule has 20 heavy (non-hydrogen) atoms. The number of aryl methyl sites for hydroxylation is 1. The van der Waals surface area contributed by atoms with Gasteiger partial charge < -0.3 is 5.11 Å². The molecule has 0 atom stereocenters. The molecule has 0 saturated carbocycles. The lowest BCUT2D eigenvalue weighted by molar-refractivity contribution is 0.514. The number of aromatic nitrogens is 1. The van der Waals surface area contributed by atoms with Gasteiger partial charge in [0.1, 0.15) is 5.76 Å². The summed E-state index contributed by atoms with van der Waals surface area (Å²) in [6.07, 6.45) is 7.63. The monoisotopic (exact) mass is 283 g/mol. The molecule has 0 radical (unpaired) electrons. The van der Waals surface area contributed by atoms with E-state index in [4.69, 9.17) is 11.6 Å². The molecule has 0 fully saturated rings. The molecule has 100 valence electrons. The van der Waals surface area contributed by atoms with Crippen molar-refractivity contribution in [1.29, 1.82) is 0 Å². The van der Waals surface area contributed by atoms with Gasteiger partial charge in [0.2, 0.25) is 0 Å². The Morgan fingerprint density at radius 2 is 2.10 bits per heavy atom. The maximum atomic E-state index is 9.58. The first kappa shape index (κ1) is 12.9. The van der Waals surface area contributed by atoms with Gasteiger partial charge in [-0.15, -0.1) is 0 Å². The van der Waals surface area contributed by atoms with Crippen molar-refractivity contribution in [2.24, 2.45) is 0 Å². The molecule has 1 aliphatic carbocycles. The number of nitrogens with zero attached hydrogens (tertiary/aromatic N) is 1. The van der Waals surface area contributed by atoms with Crippen molar-refractivity contribution >= 4 is 22.9 Å². The summed E-state index contributed by atoms with van der Waals surface area (Å²) in [6, 6.07) is 7.84. The number of hydrogen-bond donors (Lipinski definition) is 1. The lowest BCUT2D eigenvalue weighted by Gasteiger charge is -2.19. The molecule has 2 nitrogen and oxygen atoms in total. The topological polar surface area (TPSA) is 33.1 Å². The maximum Gasteiger partial charge on any atom is 0.115 e. The number of aliphatic hydroxyl groups is 1. The molecule has 1 aromatic heterocycles. The van der Waals surface area contributed by atoms with Gasteiger partial charge in [0.15, 0.2) is 0 Å². The van der Waals surface area contributed by atoms with Gasteiger partial charge in [-0.05, 0) is 41.7 Å². The summed E-state index contributed by atoms with van der Waals surface area (Å²) in [5, 5.41) is 10.2. The molecule has 0 unspecified atom stereocenters. The number of benzene rings is 1. The third kappa shape index (κ3) is 2.35. The van der Waals surface area contributed by atoms with Gasteiger partial charge in [0.05, 0.1) is 5.02 Å². The Morgan fingerprint density at radius 1 is 1.25 bits per heavy atom. The zero-order chi connectivity index (χ0) is 14.1. The highest BCUT2D eigenvalue weighted by molar-refractivity contribution is 6.30. The van der Waals surface area contributed by atoms with E-state index in [1.165, 1.54) is 5.56 Å². The van der Waals surface area contributed by atoms with Crippen LogP contribution >= 0.6 is 11.6 Å². The number of rotatable bonds is 2. The summed E-state index contributed by atoms with van der Waals surface area (Å²) in [7, 11) is 0. The summed E-state index contributed by atoms with van der Waals surface area (Å²) < 4.78 is 0. The van der Waals surface area contributed by atoms with Crippen LogP contribution < -0.4 is 0 Å². The smallest absolute Gasteiger partial charge is 0.115 e. The molecule has 0 spiro atoms. The molecule has 0 saturated heterocycles. The number of aliphatic hydroxyl groups excluding tert-OH is 1. The highest BCUT2D eigenvalue weighted by Crippen LogP contribution is 2.33. The number of hydrogen-bond acceptors (Lipinski definition) is 2. The van der Waals surface area contributed by atoms with Crippen molar-refractivity contribution < 1.29 is 5.11 Å². The lowest BCUT2D eigenvalue weighted by Crippen LogP contribution is -2.02. The Kier molecular flexibility index (Phi) is 3.33. The summed E-state index contributed by atoms with van der Waals surface area (Å²) >= 11 is 6.03. The van der Waals surface area contributed by atoms with E-state index >= 15 is 0 Å². The fourth-order valence-corrected chi connectivity index (χ4v) is 2.71. The second-order valence-electron chi connectivity index (χ2n) is 4.87. The van der Waals surface area contributed by atoms with E-state index < -0.39 is 0 Å². The van der Waals surface area contributed by atoms with Crippen LogP contribution in [0.3, 0.4) is 0 Å². The molecule has 3 rings (SSSR count). The Hall–Kier alpha value is -2.06. The van der Waals surface area contributed by atoms with Crippen LogP contribution in [0.15, 0.2) is 49.3 Å². The van der Waals surface area contributed by atoms with Crippen LogP contribution in [0.25, 0.3) is 11.3 Å². The van der Waals surface area contributed by atoms with E-state index in [2.05, 4.69) is 23.7 Å². The van der Waals surface area contributed by atoms with Crippen LogP contribution in [0.1, 0.15) is 28.7 Å². The molecular weight excluding hydrogens is 270 g/mol. The summed E-state index contributed by atoms with van der Waals surface area (Å²) in [4.78, 5) is 4.15. The van der Waals surface area contributed by atoms with Gasteiger partial charge in [-0.1, -0.05) is 36.4 Å². The van der Waals surface area contributed by atoms with Crippen LogP contribution in [0, 0.1) is 0 Å². The largest absolute Gasteiger partial charge is 0.508 e. The number of pyridine rings is 1. The minimum Gasteiger partial charge on any atom is -0.508 e. The third-order valence-corrected chi connectivity index (χ3v) is 3.72. The van der Waals surface area contributed by atoms with Gasteiger partial charge in [0, 0.05) is 23.5 Å². The Balaban J connectivity index is 2.14. The summed E-state index contributed by atoms with van der Waals surface area (Å²) in [5.41, 5.74) is 5.25. The quantitative estimate of drug-likeness (QED) is 0.814. The first-order valence-corrected chi connectivity index (χ1v) is 6.85. The molecule has 0 bridgehead atoms. The van der Waals surface area contributed by atoms with Crippen LogP contribution in [0.5, 0.6) is 0 Å². The van der Waals surface area contributed by atoms with Crippen LogP contribution in [0.4, 0.5) is 0 Å². The Morgan fingerprint density at radius 3 is 2.85 bits per heavy atom. The van der Waals surface area contributed by atoms with E-state index in [1.807, 2.05) is 24.4 Å². The molecule has 1 aliphatic rings. The van der Waals surface area contributed by atoms with Crippen LogP contribution in [-0.2, 0) is 6.42 Å². The lowest BCUT2D eigenvalue weighted by atomic mass is 9.86. The molecule has 0 aliphatic heterocycles. The van der Waals surface area contributed by atoms with Crippen molar-refractivity contribution in [2.75, 3.05) is 0 Å². The number of halogens is 1. The zero-order valence-electron chi connectivity index (χ0n) is 10.9. The number of allylic oxidation sites excluding steroid dienone is 1. The average molecular weight is 284 g/mol. The standard InChI is InChI=1S/C17H14ClNO/c1-11(20)13-6-5-12-3-2-4-16(17(12)8-13)14-7-15(18)10-19-9-14/h4-10,20H,1-3H2. The molecule has 2 aromatic rings. The van der Waals surface area contributed by atoms with E-state index in [-0.39, 0.29) is 5.76 Å². The Bertz CT molecular complexity index is 719. The zero-order valence-corrected chi connectivity index (χ0v) is 11.7. The van der Waals surface area contributed by atoms with Gasteiger partial charge in [0.25, 0.3) is 0 Å². The Labute approximate surface area is 123 Å².